The third-order valence-corrected chi connectivity index (χ3v) is 3.01. The van der Waals surface area contributed by atoms with Gasteiger partial charge in [0.15, 0.2) is 0 Å². The minimum absolute atomic E-state index is 0.103. The molecule has 0 aliphatic carbocycles. The Morgan fingerprint density at radius 1 is 1.32 bits per heavy atom. The lowest BCUT2D eigenvalue weighted by Gasteiger charge is -2.11. The maximum Gasteiger partial charge on any atom is 0.149 e. The monoisotopic (exact) mass is 264 g/mol. The number of ketones is 1. The molecule has 0 saturated heterocycles. The van der Waals surface area contributed by atoms with Gasteiger partial charge < -0.3 is 16.2 Å². The molecule has 0 fully saturated rings. The van der Waals surface area contributed by atoms with Crippen LogP contribution in [-0.4, -0.2) is 30.0 Å². The van der Waals surface area contributed by atoms with Crippen LogP contribution >= 0.6 is 0 Å². The van der Waals surface area contributed by atoms with Crippen LogP contribution in [0.15, 0.2) is 24.3 Å². The molecule has 0 radical (unpaired) electrons. The van der Waals surface area contributed by atoms with Gasteiger partial charge in [-0.15, -0.1) is 0 Å². The summed E-state index contributed by atoms with van der Waals surface area (Å²) in [6.45, 7) is 3.98. The highest BCUT2D eigenvalue weighted by Crippen LogP contribution is 2.11. The summed E-state index contributed by atoms with van der Waals surface area (Å²) >= 11 is 0. The third-order valence-electron chi connectivity index (χ3n) is 3.01. The molecule has 4 heteroatoms. The summed E-state index contributed by atoms with van der Waals surface area (Å²) < 4.78 is 0. The van der Waals surface area contributed by atoms with Crippen molar-refractivity contribution in [2.24, 2.45) is 5.73 Å². The van der Waals surface area contributed by atoms with Gasteiger partial charge in [0, 0.05) is 6.42 Å². The van der Waals surface area contributed by atoms with E-state index in [4.69, 9.17) is 5.73 Å². The van der Waals surface area contributed by atoms with Gasteiger partial charge in [-0.1, -0.05) is 19.1 Å². The van der Waals surface area contributed by atoms with E-state index in [2.05, 4.69) is 12.2 Å². The molecule has 106 valence electrons. The van der Waals surface area contributed by atoms with Crippen LogP contribution in [0.5, 0.6) is 5.75 Å². The van der Waals surface area contributed by atoms with E-state index in [0.29, 0.717) is 12.8 Å². The molecule has 0 saturated carbocycles. The van der Waals surface area contributed by atoms with E-state index < -0.39 is 6.04 Å². The summed E-state index contributed by atoms with van der Waals surface area (Å²) in [7, 11) is 0. The SMILES string of the molecule is CCCNCCCC(=O)[C@@H](N)Cc1ccc(O)cc1. The number of carbonyl (C=O) groups is 1. The number of aromatic hydroxyl groups is 1. The van der Waals surface area contributed by atoms with Gasteiger partial charge in [-0.2, -0.15) is 0 Å². The predicted molar refractivity (Wildman–Crippen MR) is 77.2 cm³/mol. The highest BCUT2D eigenvalue weighted by atomic mass is 16.3. The second-order valence-corrected chi connectivity index (χ2v) is 4.80. The average molecular weight is 264 g/mol. The molecule has 4 nitrogen and oxygen atoms in total. The van der Waals surface area contributed by atoms with Crippen molar-refractivity contribution in [2.45, 2.75) is 38.6 Å². The van der Waals surface area contributed by atoms with Crippen LogP contribution in [-0.2, 0) is 11.2 Å². The van der Waals surface area contributed by atoms with Crippen molar-refractivity contribution in [3.05, 3.63) is 29.8 Å². The van der Waals surface area contributed by atoms with E-state index in [0.717, 1.165) is 31.5 Å². The highest BCUT2D eigenvalue weighted by molar-refractivity contribution is 5.84. The van der Waals surface area contributed by atoms with Crippen LogP contribution in [0.25, 0.3) is 0 Å². The number of hydrogen-bond acceptors (Lipinski definition) is 4. The number of nitrogens with two attached hydrogens (primary N) is 1. The minimum Gasteiger partial charge on any atom is -0.508 e. The molecule has 1 rings (SSSR count). The van der Waals surface area contributed by atoms with E-state index in [1.54, 1.807) is 24.3 Å². The Labute approximate surface area is 115 Å². The van der Waals surface area contributed by atoms with Crippen LogP contribution in [0.4, 0.5) is 0 Å². The Morgan fingerprint density at radius 2 is 2.00 bits per heavy atom. The fraction of sp³-hybridized carbons (Fsp3) is 0.533. The normalized spacial score (nSPS) is 12.3. The maximum absolute atomic E-state index is 11.8. The quantitative estimate of drug-likeness (QED) is 0.592. The molecule has 0 spiro atoms. The highest BCUT2D eigenvalue weighted by Gasteiger charge is 2.13. The summed E-state index contributed by atoms with van der Waals surface area (Å²) in [6.07, 6.45) is 2.99. The first-order chi connectivity index (χ1) is 9.13. The van der Waals surface area contributed by atoms with Gasteiger partial charge in [0.2, 0.25) is 0 Å². The predicted octanol–water partition coefficient (Wildman–Crippen LogP) is 1.61. The standard InChI is InChI=1S/C15H24N2O2/c1-2-9-17-10-3-4-15(19)14(16)11-12-5-7-13(18)8-6-12/h5-8,14,17-18H,2-4,9-11,16H2,1H3/t14-/m0/s1. The Morgan fingerprint density at radius 3 is 2.63 bits per heavy atom. The summed E-state index contributed by atoms with van der Waals surface area (Å²) in [4.78, 5) is 11.8. The molecule has 19 heavy (non-hydrogen) atoms. The number of hydrogen-bond donors (Lipinski definition) is 3. The second-order valence-electron chi connectivity index (χ2n) is 4.80. The molecule has 1 aromatic carbocycles. The fourth-order valence-electron chi connectivity index (χ4n) is 1.87. The Bertz CT molecular complexity index is 376. The summed E-state index contributed by atoms with van der Waals surface area (Å²) in [5, 5.41) is 12.4. The number of rotatable bonds is 9. The summed E-state index contributed by atoms with van der Waals surface area (Å²) in [5.41, 5.74) is 6.87. The minimum atomic E-state index is -0.448. The molecule has 0 aliphatic rings. The number of nitrogens with one attached hydrogen (secondary N) is 1. The van der Waals surface area contributed by atoms with Crippen LogP contribution in [0.3, 0.4) is 0 Å². The zero-order chi connectivity index (χ0) is 14.1. The lowest BCUT2D eigenvalue weighted by molar-refractivity contribution is -0.120. The molecule has 1 aromatic rings. The average Bonchev–Trinajstić information content (AvgIpc) is 2.41. The summed E-state index contributed by atoms with van der Waals surface area (Å²) in [5.74, 6) is 0.331. The fourth-order valence-corrected chi connectivity index (χ4v) is 1.87. The Kier molecular flexibility index (Phi) is 7.15. The van der Waals surface area contributed by atoms with Crippen molar-refractivity contribution in [3.8, 4) is 5.75 Å². The van der Waals surface area contributed by atoms with E-state index in [1.165, 1.54) is 0 Å². The van der Waals surface area contributed by atoms with Crippen molar-refractivity contribution in [3.63, 3.8) is 0 Å². The Balaban J connectivity index is 2.26. The number of carbonyl (C=O) groups excluding carboxylic acids is 1. The first kappa shape index (κ1) is 15.7. The molecule has 0 amide bonds. The van der Waals surface area contributed by atoms with Gasteiger partial charge in [0.25, 0.3) is 0 Å². The van der Waals surface area contributed by atoms with Gasteiger partial charge in [-0.25, -0.2) is 0 Å². The lowest BCUT2D eigenvalue weighted by atomic mass is 10.0. The zero-order valence-electron chi connectivity index (χ0n) is 11.6. The molecule has 0 aromatic heterocycles. The van der Waals surface area contributed by atoms with Crippen LogP contribution in [0, 0.1) is 0 Å². The van der Waals surface area contributed by atoms with Crippen molar-refractivity contribution in [1.29, 1.82) is 0 Å². The van der Waals surface area contributed by atoms with Gasteiger partial charge in [-0.05, 0) is 50.0 Å². The van der Waals surface area contributed by atoms with Gasteiger partial charge in [-0.3, -0.25) is 4.79 Å². The molecule has 0 heterocycles. The molecular formula is C15H24N2O2. The number of benzene rings is 1. The van der Waals surface area contributed by atoms with Crippen molar-refractivity contribution in [1.82, 2.24) is 5.32 Å². The van der Waals surface area contributed by atoms with Gasteiger partial charge >= 0.3 is 0 Å². The zero-order valence-corrected chi connectivity index (χ0v) is 11.6. The molecule has 1 atom stereocenters. The molecule has 4 N–H and O–H groups in total. The van der Waals surface area contributed by atoms with Crippen molar-refractivity contribution < 1.29 is 9.90 Å². The van der Waals surface area contributed by atoms with E-state index in [1.807, 2.05) is 0 Å². The topological polar surface area (TPSA) is 75.4 Å². The first-order valence-electron chi connectivity index (χ1n) is 6.90. The van der Waals surface area contributed by atoms with Crippen LogP contribution in [0.2, 0.25) is 0 Å². The number of Topliss-reactive ketones (excluding diaryl/α,β-unsaturated/α-hetero) is 1. The first-order valence-corrected chi connectivity index (χ1v) is 6.90. The summed E-state index contributed by atoms with van der Waals surface area (Å²) in [6, 6.07) is 6.37. The molecular weight excluding hydrogens is 240 g/mol. The maximum atomic E-state index is 11.8. The van der Waals surface area contributed by atoms with Crippen molar-refractivity contribution >= 4 is 5.78 Å². The number of phenolic OH excluding ortho intramolecular Hbond substituents is 1. The molecule has 0 unspecified atom stereocenters. The van der Waals surface area contributed by atoms with E-state index >= 15 is 0 Å². The second kappa shape index (κ2) is 8.67. The van der Waals surface area contributed by atoms with Crippen molar-refractivity contribution in [2.75, 3.05) is 13.1 Å². The Hall–Kier alpha value is -1.39. The number of phenols is 1. The lowest BCUT2D eigenvalue weighted by Crippen LogP contribution is -2.33. The van der Waals surface area contributed by atoms with Gasteiger partial charge in [0.05, 0.1) is 6.04 Å². The van der Waals surface area contributed by atoms with Crippen LogP contribution < -0.4 is 11.1 Å². The van der Waals surface area contributed by atoms with E-state index in [9.17, 15) is 9.90 Å². The van der Waals surface area contributed by atoms with Crippen LogP contribution in [0.1, 0.15) is 31.7 Å². The van der Waals surface area contributed by atoms with Gasteiger partial charge in [0.1, 0.15) is 11.5 Å². The molecule has 0 bridgehead atoms. The third kappa shape index (κ3) is 6.36. The smallest absolute Gasteiger partial charge is 0.149 e. The largest absolute Gasteiger partial charge is 0.508 e. The van der Waals surface area contributed by atoms with E-state index in [-0.39, 0.29) is 11.5 Å². The molecule has 0 aliphatic heterocycles.